The maximum atomic E-state index is 12.1. The van der Waals surface area contributed by atoms with Gasteiger partial charge in [0.05, 0.1) is 9.30 Å². The molecule has 1 aliphatic heterocycles. The highest BCUT2D eigenvalue weighted by Gasteiger charge is 2.54. The van der Waals surface area contributed by atoms with Crippen LogP contribution in [0, 0.1) is 18.2 Å². The molecule has 1 fully saturated rings. The number of anilines is 1. The third kappa shape index (κ3) is 2.50. The molecular formula is C12H15ClN4O4. The molecule has 2 heterocycles. The van der Waals surface area contributed by atoms with Crippen LogP contribution in [0.5, 0.6) is 0 Å². The number of rotatable bonds is 2. The van der Waals surface area contributed by atoms with Crippen molar-refractivity contribution in [2.45, 2.75) is 30.9 Å². The zero-order chi connectivity index (χ0) is 17.6. The summed E-state index contributed by atoms with van der Waals surface area (Å²) < 4.78 is 21.0. The van der Waals surface area contributed by atoms with Gasteiger partial charge in [-0.3, -0.25) is 4.57 Å². The zero-order valence-electron chi connectivity index (χ0n) is 12.9. The Morgan fingerprint density at radius 3 is 2.95 bits per heavy atom. The Hall–Kier alpha value is -1.63. The first kappa shape index (κ1) is 13.1. The van der Waals surface area contributed by atoms with Crippen LogP contribution in [0.4, 0.5) is 5.82 Å². The van der Waals surface area contributed by atoms with E-state index in [2.05, 4.69) is 10.9 Å². The molecular weight excluding hydrogens is 300 g/mol. The average molecular weight is 317 g/mol. The van der Waals surface area contributed by atoms with Gasteiger partial charge >= 0.3 is 5.69 Å². The number of nitrogens with two attached hydrogens (primary N) is 2. The predicted octanol–water partition coefficient (Wildman–Crippen LogP) is -1.72. The Labute approximate surface area is 128 Å². The number of ether oxygens (including phenoxy) is 1. The minimum absolute atomic E-state index is 0.0256. The molecule has 0 bridgehead atoms. The van der Waals surface area contributed by atoms with Crippen LogP contribution in [0.25, 0.3) is 0 Å². The number of hydrogen-bond donors (Lipinski definition) is 4. The lowest BCUT2D eigenvalue weighted by atomic mass is 9.92. The highest BCUT2D eigenvalue weighted by Crippen LogP contribution is 2.36. The molecule has 4 atom stereocenters. The standard InChI is InChI=1S/C12H15ClN4O4/c1-6-4-8(14)16-11(20)17(6)10-12(15,2-3-13)9(19)7(5-18)21-10/h4,7,9-10,18-19H,5,15H2,1H3,(H2,14,16,20)/t7-,9+,10-,12?/m1/s1/i5D2. The lowest BCUT2D eigenvalue weighted by molar-refractivity contribution is -0.0483. The fraction of sp³-hybridized carbons (Fsp3) is 0.500. The fourth-order valence-electron chi connectivity index (χ4n) is 2.23. The molecule has 0 amide bonds. The van der Waals surface area contributed by atoms with Gasteiger partial charge in [-0.25, -0.2) is 4.79 Å². The van der Waals surface area contributed by atoms with Crippen LogP contribution in [0.1, 0.15) is 14.7 Å². The molecule has 21 heavy (non-hydrogen) atoms. The molecule has 1 unspecified atom stereocenters. The van der Waals surface area contributed by atoms with Crippen LogP contribution < -0.4 is 17.2 Å². The van der Waals surface area contributed by atoms with Crippen molar-refractivity contribution in [1.82, 2.24) is 9.55 Å². The van der Waals surface area contributed by atoms with Crippen molar-refractivity contribution in [2.75, 3.05) is 12.3 Å². The predicted molar refractivity (Wildman–Crippen MR) is 75.2 cm³/mol. The van der Waals surface area contributed by atoms with E-state index in [4.69, 9.17) is 30.5 Å². The summed E-state index contributed by atoms with van der Waals surface area (Å²) in [6, 6.07) is 1.37. The SMILES string of the molecule is [2H]C([2H])(O)[C@H]1O[C@@H](n2c(C)cc(N)nc2=O)C(N)(C#CCl)[C@H]1O. The number of aliphatic hydroxyl groups excluding tert-OH is 1. The normalized spacial score (nSPS) is 33.9. The first-order valence-corrected chi connectivity index (χ1v) is 6.23. The van der Waals surface area contributed by atoms with Crippen molar-refractivity contribution >= 4 is 17.4 Å². The van der Waals surface area contributed by atoms with Gasteiger partial charge in [0.25, 0.3) is 0 Å². The molecule has 1 aromatic heterocycles. The highest BCUT2D eigenvalue weighted by atomic mass is 35.5. The molecule has 0 saturated carbocycles. The van der Waals surface area contributed by atoms with Crippen molar-refractivity contribution < 1.29 is 17.7 Å². The van der Waals surface area contributed by atoms with Gasteiger partial charge in [-0.2, -0.15) is 4.98 Å². The molecule has 1 aromatic rings. The Kier molecular flexibility index (Phi) is 3.50. The van der Waals surface area contributed by atoms with Gasteiger partial charge in [0, 0.05) is 11.1 Å². The summed E-state index contributed by atoms with van der Waals surface area (Å²) in [6.07, 6.45) is -4.95. The number of halogens is 1. The maximum Gasteiger partial charge on any atom is 0.351 e. The summed E-state index contributed by atoms with van der Waals surface area (Å²) in [5.41, 5.74) is 9.02. The van der Waals surface area contributed by atoms with E-state index in [1.807, 2.05) is 5.38 Å². The number of nitrogen functional groups attached to an aromatic ring is 1. The lowest BCUT2D eigenvalue weighted by Gasteiger charge is -2.28. The summed E-state index contributed by atoms with van der Waals surface area (Å²) in [5, 5.41) is 21.8. The van der Waals surface area contributed by atoms with E-state index in [1.165, 1.54) is 13.0 Å². The Morgan fingerprint density at radius 1 is 1.76 bits per heavy atom. The van der Waals surface area contributed by atoms with E-state index in [0.717, 1.165) is 4.57 Å². The summed E-state index contributed by atoms with van der Waals surface area (Å²) >= 11 is 5.37. The third-order valence-electron chi connectivity index (χ3n) is 3.25. The molecule has 1 saturated heterocycles. The van der Waals surface area contributed by atoms with Crippen LogP contribution >= 0.6 is 11.6 Å². The van der Waals surface area contributed by atoms with Crippen molar-refractivity contribution in [3.63, 3.8) is 0 Å². The number of aromatic nitrogens is 2. The van der Waals surface area contributed by atoms with E-state index < -0.39 is 36.2 Å². The molecule has 1 aliphatic rings. The van der Waals surface area contributed by atoms with Gasteiger partial charge in [0.2, 0.25) is 0 Å². The van der Waals surface area contributed by atoms with E-state index in [0.29, 0.717) is 5.69 Å². The van der Waals surface area contributed by atoms with Gasteiger partial charge in [-0.1, -0.05) is 5.92 Å². The first-order valence-electron chi connectivity index (χ1n) is 6.85. The van der Waals surface area contributed by atoms with Crippen molar-refractivity contribution in [1.29, 1.82) is 0 Å². The minimum atomic E-state index is -2.93. The zero-order valence-corrected chi connectivity index (χ0v) is 11.7. The van der Waals surface area contributed by atoms with E-state index >= 15 is 0 Å². The number of hydrogen-bond acceptors (Lipinski definition) is 7. The molecule has 114 valence electrons. The van der Waals surface area contributed by atoms with Crippen LogP contribution in [-0.2, 0) is 4.74 Å². The molecule has 8 nitrogen and oxygen atoms in total. The van der Waals surface area contributed by atoms with Crippen LogP contribution in [0.2, 0.25) is 0 Å². The van der Waals surface area contributed by atoms with E-state index in [9.17, 15) is 15.0 Å². The second-order valence-electron chi connectivity index (χ2n) is 4.61. The van der Waals surface area contributed by atoms with Crippen LogP contribution in [0.15, 0.2) is 10.9 Å². The average Bonchev–Trinajstić information content (AvgIpc) is 2.63. The van der Waals surface area contributed by atoms with Crippen LogP contribution in [-0.4, -0.2) is 44.1 Å². The fourth-order valence-corrected chi connectivity index (χ4v) is 2.40. The molecule has 0 spiro atoms. The summed E-state index contributed by atoms with van der Waals surface area (Å²) in [5.74, 6) is 2.29. The molecule has 9 heteroatoms. The number of nitrogens with zero attached hydrogens (tertiary/aromatic N) is 2. The first-order chi connectivity index (χ1) is 10.5. The van der Waals surface area contributed by atoms with E-state index in [-0.39, 0.29) is 5.82 Å². The second kappa shape index (κ2) is 5.63. The minimum Gasteiger partial charge on any atom is -0.394 e. The largest absolute Gasteiger partial charge is 0.394 e. The number of aliphatic hydroxyl groups is 2. The quantitative estimate of drug-likeness (QED) is 0.476. The summed E-state index contributed by atoms with van der Waals surface area (Å²) in [7, 11) is 0. The molecule has 0 aliphatic carbocycles. The Morgan fingerprint density at radius 2 is 2.43 bits per heavy atom. The van der Waals surface area contributed by atoms with Crippen molar-refractivity contribution in [3.8, 4) is 11.3 Å². The highest BCUT2D eigenvalue weighted by molar-refractivity contribution is 6.30. The maximum absolute atomic E-state index is 12.1. The Bertz CT molecular complexity index is 741. The van der Waals surface area contributed by atoms with Gasteiger partial charge < -0.3 is 26.4 Å². The molecule has 6 N–H and O–H groups in total. The smallest absolute Gasteiger partial charge is 0.351 e. The number of aryl methyl sites for hydroxylation is 1. The van der Waals surface area contributed by atoms with Gasteiger partial charge in [-0.15, -0.1) is 0 Å². The van der Waals surface area contributed by atoms with Crippen molar-refractivity contribution in [2.24, 2.45) is 5.73 Å². The summed E-state index contributed by atoms with van der Waals surface area (Å²) in [6.45, 7) is -1.41. The lowest BCUT2D eigenvalue weighted by Crippen LogP contribution is -2.55. The molecule has 0 aromatic carbocycles. The second-order valence-corrected chi connectivity index (χ2v) is 4.80. The van der Waals surface area contributed by atoms with Gasteiger partial charge in [-0.05, 0) is 24.6 Å². The van der Waals surface area contributed by atoms with E-state index in [1.54, 1.807) is 0 Å². The monoisotopic (exact) mass is 316 g/mol. The van der Waals surface area contributed by atoms with Gasteiger partial charge in [0.15, 0.2) is 11.8 Å². The Balaban J connectivity index is 2.65. The third-order valence-corrected chi connectivity index (χ3v) is 3.35. The summed E-state index contributed by atoms with van der Waals surface area (Å²) in [4.78, 5) is 15.7. The molecule has 0 radical (unpaired) electrons. The van der Waals surface area contributed by atoms with Crippen molar-refractivity contribution in [3.05, 3.63) is 22.2 Å². The topological polar surface area (TPSA) is 137 Å². The molecule has 2 rings (SSSR count). The van der Waals surface area contributed by atoms with Crippen LogP contribution in [0.3, 0.4) is 0 Å². The van der Waals surface area contributed by atoms with Gasteiger partial charge in [0.1, 0.15) is 18.0 Å².